The maximum absolute atomic E-state index is 10.3. The highest BCUT2D eigenvalue weighted by atomic mass is 16.4. The van der Waals surface area contributed by atoms with Crippen LogP contribution in [0.4, 0.5) is 0 Å². The first-order valence-corrected chi connectivity index (χ1v) is 3.89. The Morgan fingerprint density at radius 2 is 1.40 bits per heavy atom. The largest absolute Gasteiger partial charge is 0.480 e. The van der Waals surface area contributed by atoms with Gasteiger partial charge in [0, 0.05) is 6.54 Å². The molecule has 0 aromatic rings. The van der Waals surface area contributed by atoms with Crippen LogP contribution in [0.5, 0.6) is 0 Å². The Labute approximate surface area is 84.4 Å². The molecule has 0 aliphatic rings. The summed E-state index contributed by atoms with van der Waals surface area (Å²) in [5, 5.41) is 34.0. The monoisotopic (exact) mass is 221 g/mol. The van der Waals surface area contributed by atoms with Gasteiger partial charge in [-0.3, -0.25) is 14.5 Å². The molecule has 0 aliphatic heterocycles. The van der Waals surface area contributed by atoms with Gasteiger partial charge >= 0.3 is 17.9 Å². The molecule has 0 fully saturated rings. The molecule has 0 aliphatic carbocycles. The number of nitrogens with zero attached hydrogens (tertiary/aromatic N) is 1. The van der Waals surface area contributed by atoms with Crippen molar-refractivity contribution in [2.45, 2.75) is 6.10 Å². The summed E-state index contributed by atoms with van der Waals surface area (Å²) in [6.45, 7) is -1.83. The second-order valence-corrected chi connectivity index (χ2v) is 2.81. The third kappa shape index (κ3) is 6.41. The second-order valence-electron chi connectivity index (χ2n) is 2.81. The summed E-state index contributed by atoms with van der Waals surface area (Å²) >= 11 is 0. The molecule has 4 N–H and O–H groups in total. The molecule has 0 unspecified atom stereocenters. The van der Waals surface area contributed by atoms with Crippen LogP contribution in [0.1, 0.15) is 0 Å². The molecule has 0 spiro atoms. The van der Waals surface area contributed by atoms with Gasteiger partial charge in [0.15, 0.2) is 6.10 Å². The van der Waals surface area contributed by atoms with Gasteiger partial charge < -0.3 is 20.4 Å². The van der Waals surface area contributed by atoms with Crippen LogP contribution in [0.25, 0.3) is 0 Å². The van der Waals surface area contributed by atoms with Gasteiger partial charge in [-0.25, -0.2) is 4.79 Å². The summed E-state index contributed by atoms with van der Waals surface area (Å²) in [5.41, 5.74) is 0. The lowest BCUT2D eigenvalue weighted by Gasteiger charge is -2.19. The molecule has 0 saturated carbocycles. The first kappa shape index (κ1) is 13.3. The predicted octanol–water partition coefficient (Wildman–Crippen LogP) is -2.10. The molecular formula is C7H11NO7. The summed E-state index contributed by atoms with van der Waals surface area (Å²) < 4.78 is 0. The fourth-order valence-electron chi connectivity index (χ4n) is 0.890. The van der Waals surface area contributed by atoms with E-state index in [-0.39, 0.29) is 0 Å². The van der Waals surface area contributed by atoms with E-state index in [2.05, 4.69) is 0 Å². The number of carboxylic acid groups (broad SMARTS) is 3. The highest BCUT2D eigenvalue weighted by molar-refractivity contribution is 5.74. The summed E-state index contributed by atoms with van der Waals surface area (Å²) in [5.74, 6) is -4.13. The summed E-state index contributed by atoms with van der Waals surface area (Å²) in [6.07, 6.45) is -1.80. The van der Waals surface area contributed by atoms with E-state index in [4.69, 9.17) is 20.4 Å². The van der Waals surface area contributed by atoms with Crippen LogP contribution in [0, 0.1) is 0 Å². The number of aliphatic carboxylic acids is 3. The molecule has 8 nitrogen and oxygen atoms in total. The van der Waals surface area contributed by atoms with Gasteiger partial charge in [-0.1, -0.05) is 0 Å². The lowest BCUT2D eigenvalue weighted by atomic mass is 10.3. The quantitative estimate of drug-likeness (QED) is 0.384. The maximum atomic E-state index is 10.3. The van der Waals surface area contributed by atoms with Crippen LogP contribution in [0.15, 0.2) is 0 Å². The van der Waals surface area contributed by atoms with Crippen molar-refractivity contribution in [3.05, 3.63) is 0 Å². The predicted molar refractivity (Wildman–Crippen MR) is 45.4 cm³/mol. The Kier molecular flexibility index (Phi) is 5.27. The number of hydrogen-bond acceptors (Lipinski definition) is 5. The number of carbonyl (C=O) groups is 3. The van der Waals surface area contributed by atoms with E-state index < -0.39 is 43.6 Å². The van der Waals surface area contributed by atoms with Gasteiger partial charge in [0.25, 0.3) is 0 Å². The van der Waals surface area contributed by atoms with Crippen LogP contribution in [-0.2, 0) is 14.4 Å². The second kappa shape index (κ2) is 5.94. The average Bonchev–Trinajstić information content (AvgIpc) is 2.00. The Balaban J connectivity index is 4.29. The smallest absolute Gasteiger partial charge is 0.333 e. The Hall–Kier alpha value is -1.67. The van der Waals surface area contributed by atoms with E-state index in [9.17, 15) is 14.4 Å². The van der Waals surface area contributed by atoms with E-state index in [1.165, 1.54) is 0 Å². The summed E-state index contributed by atoms with van der Waals surface area (Å²) in [4.78, 5) is 31.6. The third-order valence-corrected chi connectivity index (χ3v) is 1.43. The van der Waals surface area contributed by atoms with E-state index >= 15 is 0 Å². The topological polar surface area (TPSA) is 135 Å². The normalized spacial score (nSPS) is 12.4. The van der Waals surface area contributed by atoms with Crippen LogP contribution >= 0.6 is 0 Å². The number of aliphatic hydroxyl groups excluding tert-OH is 1. The molecule has 0 amide bonds. The zero-order chi connectivity index (χ0) is 12.0. The molecule has 1 atom stereocenters. The van der Waals surface area contributed by atoms with E-state index in [0.29, 0.717) is 0 Å². The van der Waals surface area contributed by atoms with E-state index in [0.717, 1.165) is 4.90 Å². The van der Waals surface area contributed by atoms with Crippen molar-refractivity contribution < 1.29 is 34.8 Å². The fraction of sp³-hybridized carbons (Fsp3) is 0.571. The van der Waals surface area contributed by atoms with Crippen LogP contribution in [0.3, 0.4) is 0 Å². The molecule has 0 heterocycles. The van der Waals surface area contributed by atoms with E-state index in [1.54, 1.807) is 0 Å². The minimum atomic E-state index is -1.80. The molecule has 15 heavy (non-hydrogen) atoms. The van der Waals surface area contributed by atoms with Gasteiger partial charge in [-0.2, -0.15) is 0 Å². The van der Waals surface area contributed by atoms with E-state index in [1.807, 2.05) is 0 Å². The molecule has 86 valence electrons. The molecule has 0 aromatic carbocycles. The van der Waals surface area contributed by atoms with Crippen LogP contribution < -0.4 is 0 Å². The van der Waals surface area contributed by atoms with Gasteiger partial charge in [0.2, 0.25) is 0 Å². The number of carboxylic acids is 3. The Morgan fingerprint density at radius 1 is 1.00 bits per heavy atom. The molecule has 0 saturated heterocycles. The molecule has 8 heteroatoms. The first-order valence-electron chi connectivity index (χ1n) is 3.89. The molecule has 0 rings (SSSR count). The van der Waals surface area contributed by atoms with Crippen LogP contribution in [0.2, 0.25) is 0 Å². The SMILES string of the molecule is O=C(O)CN(CC(=O)O)C[C@H](O)C(=O)O. The van der Waals surface area contributed by atoms with Gasteiger partial charge in [-0.15, -0.1) is 0 Å². The Bertz CT molecular complexity index is 248. The van der Waals surface area contributed by atoms with Crippen molar-refractivity contribution in [3.63, 3.8) is 0 Å². The lowest BCUT2D eigenvalue weighted by molar-refractivity contribution is -0.151. The zero-order valence-electron chi connectivity index (χ0n) is 7.66. The summed E-state index contributed by atoms with van der Waals surface area (Å²) in [7, 11) is 0. The van der Waals surface area contributed by atoms with Crippen molar-refractivity contribution >= 4 is 17.9 Å². The highest BCUT2D eigenvalue weighted by Gasteiger charge is 2.21. The van der Waals surface area contributed by atoms with Crippen molar-refractivity contribution in [3.8, 4) is 0 Å². The number of hydrogen-bond donors (Lipinski definition) is 4. The van der Waals surface area contributed by atoms with Gasteiger partial charge in [0.1, 0.15) is 0 Å². The molecule has 0 bridgehead atoms. The Morgan fingerprint density at radius 3 is 1.67 bits per heavy atom. The maximum Gasteiger partial charge on any atom is 0.333 e. The molecule has 0 radical (unpaired) electrons. The first-order chi connectivity index (χ1) is 6.82. The number of aliphatic hydroxyl groups is 1. The average molecular weight is 221 g/mol. The highest BCUT2D eigenvalue weighted by Crippen LogP contribution is 1.93. The molecule has 0 aromatic heterocycles. The molecular weight excluding hydrogens is 210 g/mol. The minimum Gasteiger partial charge on any atom is -0.480 e. The third-order valence-electron chi connectivity index (χ3n) is 1.43. The zero-order valence-corrected chi connectivity index (χ0v) is 7.66. The minimum absolute atomic E-state index is 0.548. The summed E-state index contributed by atoms with van der Waals surface area (Å²) in [6, 6.07) is 0. The van der Waals surface area contributed by atoms with Crippen molar-refractivity contribution in [2.24, 2.45) is 0 Å². The van der Waals surface area contributed by atoms with Gasteiger partial charge in [0.05, 0.1) is 13.1 Å². The fourth-order valence-corrected chi connectivity index (χ4v) is 0.890. The van der Waals surface area contributed by atoms with Crippen molar-refractivity contribution in [1.29, 1.82) is 0 Å². The standard InChI is InChI=1S/C7H11NO7/c9-4(7(14)15)1-8(2-5(10)11)3-6(12)13/h4,9H,1-3H2,(H,10,11)(H,12,13)(H,14,15)/t4-/m0/s1. The van der Waals surface area contributed by atoms with Gasteiger partial charge in [-0.05, 0) is 0 Å². The van der Waals surface area contributed by atoms with Crippen molar-refractivity contribution in [2.75, 3.05) is 19.6 Å². The van der Waals surface area contributed by atoms with Crippen molar-refractivity contribution in [1.82, 2.24) is 4.90 Å². The lowest BCUT2D eigenvalue weighted by Crippen LogP contribution is -2.42. The number of rotatable bonds is 7. The van der Waals surface area contributed by atoms with Crippen LogP contribution in [-0.4, -0.2) is 69.0 Å².